The van der Waals surface area contributed by atoms with Crippen LogP contribution in [0.2, 0.25) is 0 Å². The number of hydrogen-bond donors (Lipinski definition) is 0. The second-order valence-electron chi connectivity index (χ2n) is 7.22. The summed E-state index contributed by atoms with van der Waals surface area (Å²) >= 11 is 2.73. The number of aryl methyl sites for hydroxylation is 1. The third kappa shape index (κ3) is 8.70. The fraction of sp³-hybridized carbons (Fsp3) is 0.600. The average Bonchev–Trinajstić information content (AvgIpc) is 3.31. The number of alkyl halides is 9. The third-order valence-electron chi connectivity index (χ3n) is 4.33. The van der Waals surface area contributed by atoms with Crippen molar-refractivity contribution in [3.05, 3.63) is 34.0 Å². The number of ether oxygens (including phenoxy) is 3. The van der Waals surface area contributed by atoms with E-state index < -0.39 is 37.9 Å². The smallest absolute Gasteiger partial charge is 0.368 e. The Kier molecular flexibility index (Phi) is 9.85. The second-order valence-corrected chi connectivity index (χ2v) is 9.05. The number of thiophene rings is 2. The van der Waals surface area contributed by atoms with E-state index in [1.807, 2.05) is 16.2 Å². The molecular formula is C20H21F9O3S2. The maximum absolute atomic E-state index is 13.6. The van der Waals surface area contributed by atoms with E-state index in [2.05, 4.69) is 16.4 Å². The molecule has 34 heavy (non-hydrogen) atoms. The van der Waals surface area contributed by atoms with Crippen molar-refractivity contribution in [1.82, 2.24) is 0 Å². The van der Waals surface area contributed by atoms with E-state index in [1.165, 1.54) is 22.7 Å². The SMILES string of the molecule is CCCCCCc1csc(-c2sccc2COCC(F)(F)OC(F)(F)C(F)(F)OC(F)(F)F)c1. The number of hydrogen-bond acceptors (Lipinski definition) is 5. The molecule has 194 valence electrons. The summed E-state index contributed by atoms with van der Waals surface area (Å²) in [6.45, 7) is -0.302. The van der Waals surface area contributed by atoms with Gasteiger partial charge in [0.05, 0.1) is 6.61 Å². The van der Waals surface area contributed by atoms with Crippen molar-refractivity contribution in [3.63, 3.8) is 0 Å². The van der Waals surface area contributed by atoms with Crippen LogP contribution in [-0.4, -0.2) is 31.3 Å². The number of halogens is 9. The summed E-state index contributed by atoms with van der Waals surface area (Å²) in [5.41, 5.74) is 1.55. The molecule has 0 fully saturated rings. The molecular weight excluding hydrogens is 523 g/mol. The molecule has 0 atom stereocenters. The van der Waals surface area contributed by atoms with E-state index in [-0.39, 0.29) is 0 Å². The summed E-state index contributed by atoms with van der Waals surface area (Å²) in [6.07, 6.45) is -18.7. The fourth-order valence-electron chi connectivity index (χ4n) is 2.81. The topological polar surface area (TPSA) is 27.7 Å². The van der Waals surface area contributed by atoms with Crippen molar-refractivity contribution in [3.8, 4) is 9.75 Å². The highest BCUT2D eigenvalue weighted by molar-refractivity contribution is 7.20. The molecule has 0 amide bonds. The van der Waals surface area contributed by atoms with E-state index in [4.69, 9.17) is 0 Å². The van der Waals surface area contributed by atoms with Crippen LogP contribution in [0, 0.1) is 0 Å². The summed E-state index contributed by atoms with van der Waals surface area (Å²) in [7, 11) is 0. The molecule has 0 spiro atoms. The normalized spacial score (nSPS) is 13.6. The predicted molar refractivity (Wildman–Crippen MR) is 108 cm³/mol. The maximum Gasteiger partial charge on any atom is 0.527 e. The Morgan fingerprint density at radius 2 is 1.53 bits per heavy atom. The lowest BCUT2D eigenvalue weighted by Gasteiger charge is -2.29. The summed E-state index contributed by atoms with van der Waals surface area (Å²) in [5, 5.41) is 3.63. The summed E-state index contributed by atoms with van der Waals surface area (Å²) in [4.78, 5) is 1.54. The van der Waals surface area contributed by atoms with Gasteiger partial charge in [-0.05, 0) is 46.9 Å². The van der Waals surface area contributed by atoms with E-state index in [1.54, 1.807) is 11.4 Å². The van der Waals surface area contributed by atoms with Crippen LogP contribution in [0.5, 0.6) is 0 Å². The highest BCUT2D eigenvalue weighted by atomic mass is 32.1. The van der Waals surface area contributed by atoms with Crippen LogP contribution >= 0.6 is 22.7 Å². The van der Waals surface area contributed by atoms with Crippen molar-refractivity contribution in [2.75, 3.05) is 6.61 Å². The van der Waals surface area contributed by atoms with Crippen molar-refractivity contribution < 1.29 is 53.7 Å². The van der Waals surface area contributed by atoms with Gasteiger partial charge >= 0.3 is 24.7 Å². The minimum atomic E-state index is -6.39. The molecule has 0 aliphatic rings. The third-order valence-corrected chi connectivity index (χ3v) is 6.45. The standard InChI is InChI=1S/C20H21F9O3S2/c1-2-3-4-5-6-13-9-15(34-11-13)16-14(7-8-33-16)10-30-12-17(21,22)31-18(23,24)19(25,26)32-20(27,28)29/h7-9,11H,2-6,10,12H2,1H3. The van der Waals surface area contributed by atoms with Gasteiger partial charge in [0, 0.05) is 9.75 Å². The van der Waals surface area contributed by atoms with Crippen molar-refractivity contribution in [2.45, 2.75) is 70.3 Å². The Balaban J connectivity index is 1.94. The Labute approximate surface area is 197 Å². The molecule has 2 aromatic rings. The monoisotopic (exact) mass is 544 g/mol. The molecule has 0 bridgehead atoms. The lowest BCUT2D eigenvalue weighted by atomic mass is 10.1. The first-order chi connectivity index (χ1) is 15.7. The molecule has 2 heterocycles. The van der Waals surface area contributed by atoms with Crippen molar-refractivity contribution in [1.29, 1.82) is 0 Å². The van der Waals surface area contributed by atoms with Gasteiger partial charge in [0.2, 0.25) is 0 Å². The average molecular weight is 545 g/mol. The summed E-state index contributed by atoms with van der Waals surface area (Å²) < 4.78 is 124. The van der Waals surface area contributed by atoms with E-state index in [0.717, 1.165) is 42.5 Å². The molecule has 0 N–H and O–H groups in total. The lowest BCUT2D eigenvalue weighted by Crippen LogP contribution is -2.51. The maximum atomic E-state index is 13.6. The van der Waals surface area contributed by atoms with Gasteiger partial charge in [-0.15, -0.1) is 35.8 Å². The second kappa shape index (κ2) is 11.6. The molecule has 0 aromatic carbocycles. The number of unbranched alkanes of at least 4 members (excludes halogenated alkanes) is 3. The Morgan fingerprint density at radius 3 is 2.18 bits per heavy atom. The molecule has 0 aliphatic heterocycles. The minimum absolute atomic E-state index is 0.442. The quantitative estimate of drug-likeness (QED) is 0.176. The lowest BCUT2D eigenvalue weighted by molar-refractivity contribution is -0.530. The van der Waals surface area contributed by atoms with Gasteiger partial charge in [0.15, 0.2) is 0 Å². The number of rotatable bonds is 14. The molecule has 0 aliphatic carbocycles. The fourth-order valence-corrected chi connectivity index (χ4v) is 4.84. The minimum Gasteiger partial charge on any atom is -0.368 e. The molecule has 2 rings (SSSR count). The molecule has 0 unspecified atom stereocenters. The van der Waals surface area contributed by atoms with Gasteiger partial charge in [-0.2, -0.15) is 26.3 Å². The Hall–Kier alpha value is -1.35. The zero-order valence-corrected chi connectivity index (χ0v) is 19.3. The molecule has 0 radical (unpaired) electrons. The highest BCUT2D eigenvalue weighted by Crippen LogP contribution is 2.43. The molecule has 3 nitrogen and oxygen atoms in total. The molecule has 14 heteroatoms. The van der Waals surface area contributed by atoms with Gasteiger partial charge in [-0.3, -0.25) is 0 Å². The van der Waals surface area contributed by atoms with Gasteiger partial charge in [-0.1, -0.05) is 26.2 Å². The van der Waals surface area contributed by atoms with Gasteiger partial charge in [0.25, 0.3) is 0 Å². The van der Waals surface area contributed by atoms with Crippen molar-refractivity contribution in [2.24, 2.45) is 0 Å². The highest BCUT2D eigenvalue weighted by Gasteiger charge is 2.67. The van der Waals surface area contributed by atoms with Crippen LogP contribution < -0.4 is 0 Å². The Morgan fingerprint density at radius 1 is 0.853 bits per heavy atom. The first kappa shape index (κ1) is 28.9. The summed E-state index contributed by atoms with van der Waals surface area (Å²) in [6, 6.07) is 3.51. The van der Waals surface area contributed by atoms with Crippen LogP contribution in [0.4, 0.5) is 39.5 Å². The molecule has 0 saturated carbocycles. The molecule has 2 aromatic heterocycles. The van der Waals surface area contributed by atoms with Crippen LogP contribution in [0.15, 0.2) is 22.9 Å². The van der Waals surface area contributed by atoms with E-state index >= 15 is 0 Å². The van der Waals surface area contributed by atoms with E-state index in [0.29, 0.717) is 10.4 Å². The zero-order chi connectivity index (χ0) is 25.6. The van der Waals surface area contributed by atoms with Gasteiger partial charge in [0.1, 0.15) is 6.61 Å². The summed E-state index contributed by atoms with van der Waals surface area (Å²) in [5.74, 6) is 0. The Bertz CT molecular complexity index is 894. The molecule has 0 saturated heterocycles. The zero-order valence-electron chi connectivity index (χ0n) is 17.7. The first-order valence-corrected chi connectivity index (χ1v) is 11.7. The van der Waals surface area contributed by atoms with Gasteiger partial charge in [-0.25, -0.2) is 9.47 Å². The van der Waals surface area contributed by atoms with Crippen LogP contribution in [-0.2, 0) is 27.2 Å². The van der Waals surface area contributed by atoms with Gasteiger partial charge < -0.3 is 4.74 Å². The first-order valence-electron chi connectivity index (χ1n) is 9.98. The largest absolute Gasteiger partial charge is 0.527 e. The predicted octanol–water partition coefficient (Wildman–Crippen LogP) is 8.45. The van der Waals surface area contributed by atoms with E-state index in [9.17, 15) is 39.5 Å². The van der Waals surface area contributed by atoms with Crippen LogP contribution in [0.3, 0.4) is 0 Å². The van der Waals surface area contributed by atoms with Crippen molar-refractivity contribution >= 4 is 22.7 Å². The van der Waals surface area contributed by atoms with Crippen LogP contribution in [0.25, 0.3) is 9.75 Å². The van der Waals surface area contributed by atoms with Crippen LogP contribution in [0.1, 0.15) is 43.7 Å².